The Morgan fingerprint density at radius 3 is 2.82 bits per heavy atom. The second-order valence-electron chi connectivity index (χ2n) is 4.84. The van der Waals surface area contributed by atoms with E-state index in [4.69, 9.17) is 17.0 Å². The van der Waals surface area contributed by atoms with Crippen molar-refractivity contribution >= 4 is 23.1 Å². The first-order valence-electron chi connectivity index (χ1n) is 7.38. The van der Waals surface area contributed by atoms with Gasteiger partial charge in [0.15, 0.2) is 5.11 Å². The number of thiocarbonyl (C=S) groups is 1. The maximum absolute atomic E-state index is 5.62. The summed E-state index contributed by atoms with van der Waals surface area (Å²) in [5, 5.41) is 6.89. The molecular weight excluding hydrogens is 294 g/mol. The highest BCUT2D eigenvalue weighted by atomic mass is 32.1. The van der Waals surface area contributed by atoms with Crippen molar-refractivity contribution in [1.82, 2.24) is 10.3 Å². The minimum Gasteiger partial charge on any atom is -0.494 e. The van der Waals surface area contributed by atoms with Crippen LogP contribution in [0.3, 0.4) is 0 Å². The van der Waals surface area contributed by atoms with Gasteiger partial charge in [-0.2, -0.15) is 0 Å². The Morgan fingerprint density at radius 1 is 1.23 bits per heavy atom. The molecule has 1 aromatic carbocycles. The van der Waals surface area contributed by atoms with Crippen molar-refractivity contribution in [2.75, 3.05) is 18.5 Å². The zero-order chi connectivity index (χ0) is 15.8. The Bertz CT molecular complexity index is 631. The maximum Gasteiger partial charge on any atom is 0.171 e. The number of aryl methyl sites for hydroxylation is 1. The third-order valence-corrected chi connectivity index (χ3v) is 3.44. The highest BCUT2D eigenvalue weighted by Crippen LogP contribution is 2.18. The first-order valence-corrected chi connectivity index (χ1v) is 7.78. The summed E-state index contributed by atoms with van der Waals surface area (Å²) in [5.41, 5.74) is 2.24. The van der Waals surface area contributed by atoms with Crippen LogP contribution in [0.25, 0.3) is 0 Å². The van der Waals surface area contributed by atoms with Gasteiger partial charge in [0.1, 0.15) is 11.6 Å². The number of aromatic nitrogens is 1. The van der Waals surface area contributed by atoms with Crippen LogP contribution in [0.1, 0.15) is 18.1 Å². The third-order valence-electron chi connectivity index (χ3n) is 3.19. The molecule has 0 saturated carbocycles. The van der Waals surface area contributed by atoms with Gasteiger partial charge in [-0.15, -0.1) is 0 Å². The molecule has 0 aliphatic carbocycles. The number of para-hydroxylation sites is 1. The molecule has 4 nitrogen and oxygen atoms in total. The molecule has 1 aromatic heterocycles. The summed E-state index contributed by atoms with van der Waals surface area (Å²) in [6, 6.07) is 12.0. The van der Waals surface area contributed by atoms with Gasteiger partial charge in [-0.05, 0) is 55.7 Å². The summed E-state index contributed by atoms with van der Waals surface area (Å²) in [5.74, 6) is 1.72. The van der Waals surface area contributed by atoms with E-state index in [2.05, 4.69) is 21.7 Å². The van der Waals surface area contributed by atoms with E-state index in [9.17, 15) is 0 Å². The average molecular weight is 315 g/mol. The molecule has 116 valence electrons. The summed E-state index contributed by atoms with van der Waals surface area (Å²) in [4.78, 5) is 4.26. The van der Waals surface area contributed by atoms with Crippen LogP contribution in [0.4, 0.5) is 5.82 Å². The molecule has 2 aromatic rings. The summed E-state index contributed by atoms with van der Waals surface area (Å²) >= 11 is 5.30. The van der Waals surface area contributed by atoms with Crippen LogP contribution in [0.15, 0.2) is 42.6 Å². The number of rotatable bonds is 6. The number of benzene rings is 1. The Hall–Kier alpha value is -2.14. The molecule has 0 fully saturated rings. The van der Waals surface area contributed by atoms with Crippen LogP contribution in [-0.4, -0.2) is 23.2 Å². The molecule has 0 spiro atoms. The molecular formula is C17H21N3OS. The molecule has 1 heterocycles. The number of ether oxygens (including phenoxy) is 1. The Morgan fingerprint density at radius 2 is 2.05 bits per heavy atom. The summed E-state index contributed by atoms with van der Waals surface area (Å²) in [7, 11) is 0. The molecule has 22 heavy (non-hydrogen) atoms. The Kier molecular flexibility index (Phi) is 6.15. The Balaban J connectivity index is 1.84. The van der Waals surface area contributed by atoms with Crippen molar-refractivity contribution < 1.29 is 4.74 Å². The molecule has 0 atom stereocenters. The van der Waals surface area contributed by atoms with Crippen molar-refractivity contribution in [2.24, 2.45) is 0 Å². The lowest BCUT2D eigenvalue weighted by Gasteiger charge is -2.13. The second kappa shape index (κ2) is 8.34. The quantitative estimate of drug-likeness (QED) is 0.801. The molecule has 0 aliphatic rings. The number of nitrogens with zero attached hydrogens (tertiary/aromatic N) is 1. The number of nitrogens with one attached hydrogen (secondary N) is 2. The van der Waals surface area contributed by atoms with Gasteiger partial charge in [0.05, 0.1) is 6.61 Å². The average Bonchev–Trinajstić information content (AvgIpc) is 2.51. The standard InChI is InChI=1S/C17H21N3OS/c1-3-21-15-9-5-4-8-14(15)10-12-19-17(22)20-16-13(2)7-6-11-18-16/h4-9,11H,3,10,12H2,1-2H3,(H2,18,19,20,22). The van der Waals surface area contributed by atoms with Crippen LogP contribution in [0, 0.1) is 6.92 Å². The fraction of sp³-hybridized carbons (Fsp3) is 0.294. The van der Waals surface area contributed by atoms with Crippen molar-refractivity contribution in [2.45, 2.75) is 20.3 Å². The van der Waals surface area contributed by atoms with Crippen LogP contribution in [0.2, 0.25) is 0 Å². The molecule has 2 rings (SSSR count). The fourth-order valence-corrected chi connectivity index (χ4v) is 2.28. The van der Waals surface area contributed by atoms with Gasteiger partial charge >= 0.3 is 0 Å². The van der Waals surface area contributed by atoms with Gasteiger partial charge in [-0.25, -0.2) is 4.98 Å². The molecule has 2 N–H and O–H groups in total. The van der Waals surface area contributed by atoms with Gasteiger partial charge < -0.3 is 15.4 Å². The summed E-state index contributed by atoms with van der Waals surface area (Å²) < 4.78 is 5.62. The first kappa shape index (κ1) is 16.2. The van der Waals surface area contributed by atoms with E-state index in [1.807, 2.05) is 44.2 Å². The third kappa shape index (κ3) is 4.70. The fourth-order valence-electron chi connectivity index (χ4n) is 2.09. The topological polar surface area (TPSA) is 46.2 Å². The molecule has 0 saturated heterocycles. The SMILES string of the molecule is CCOc1ccccc1CCNC(=S)Nc1ncccc1C. The first-order chi connectivity index (χ1) is 10.7. The van der Waals surface area contributed by atoms with Crippen LogP contribution in [-0.2, 0) is 6.42 Å². The summed E-state index contributed by atoms with van der Waals surface area (Å²) in [6.45, 7) is 5.39. The zero-order valence-corrected chi connectivity index (χ0v) is 13.7. The van der Waals surface area contributed by atoms with Gasteiger partial charge in [-0.3, -0.25) is 0 Å². The highest BCUT2D eigenvalue weighted by Gasteiger charge is 2.04. The summed E-state index contributed by atoms with van der Waals surface area (Å²) in [6.07, 6.45) is 2.59. The Labute approximate surface area is 136 Å². The van der Waals surface area contributed by atoms with E-state index in [-0.39, 0.29) is 0 Å². The van der Waals surface area contributed by atoms with E-state index < -0.39 is 0 Å². The lowest BCUT2D eigenvalue weighted by Crippen LogP contribution is -2.30. The van der Waals surface area contributed by atoms with Crippen molar-refractivity contribution in [1.29, 1.82) is 0 Å². The van der Waals surface area contributed by atoms with Gasteiger partial charge in [0, 0.05) is 12.7 Å². The van der Waals surface area contributed by atoms with E-state index in [1.165, 1.54) is 5.56 Å². The molecule has 0 amide bonds. The van der Waals surface area contributed by atoms with Gasteiger partial charge in [0.2, 0.25) is 0 Å². The van der Waals surface area contributed by atoms with E-state index >= 15 is 0 Å². The predicted octanol–water partition coefficient (Wildman–Crippen LogP) is 3.32. The van der Waals surface area contributed by atoms with E-state index in [0.717, 1.165) is 30.1 Å². The molecule has 0 bridgehead atoms. The van der Waals surface area contributed by atoms with Crippen LogP contribution < -0.4 is 15.4 Å². The van der Waals surface area contributed by atoms with E-state index in [0.29, 0.717) is 11.7 Å². The van der Waals surface area contributed by atoms with Crippen LogP contribution in [0.5, 0.6) is 5.75 Å². The smallest absolute Gasteiger partial charge is 0.171 e. The number of pyridine rings is 1. The van der Waals surface area contributed by atoms with Gasteiger partial charge in [-0.1, -0.05) is 24.3 Å². The molecule has 0 radical (unpaired) electrons. The molecule has 0 unspecified atom stereocenters. The van der Waals surface area contributed by atoms with Crippen molar-refractivity contribution in [3.05, 3.63) is 53.7 Å². The zero-order valence-electron chi connectivity index (χ0n) is 12.9. The maximum atomic E-state index is 5.62. The lowest BCUT2D eigenvalue weighted by atomic mass is 10.1. The monoisotopic (exact) mass is 315 g/mol. The number of hydrogen-bond acceptors (Lipinski definition) is 3. The number of anilines is 1. The number of hydrogen-bond donors (Lipinski definition) is 2. The van der Waals surface area contributed by atoms with Crippen LogP contribution >= 0.6 is 12.2 Å². The normalized spacial score (nSPS) is 10.1. The molecule has 0 aliphatic heterocycles. The van der Waals surface area contributed by atoms with Crippen molar-refractivity contribution in [3.63, 3.8) is 0 Å². The second-order valence-corrected chi connectivity index (χ2v) is 5.25. The van der Waals surface area contributed by atoms with E-state index in [1.54, 1.807) is 6.20 Å². The lowest BCUT2D eigenvalue weighted by molar-refractivity contribution is 0.336. The largest absolute Gasteiger partial charge is 0.494 e. The minimum atomic E-state index is 0.579. The minimum absolute atomic E-state index is 0.579. The highest BCUT2D eigenvalue weighted by molar-refractivity contribution is 7.80. The predicted molar refractivity (Wildman–Crippen MR) is 94.5 cm³/mol. The van der Waals surface area contributed by atoms with Crippen molar-refractivity contribution in [3.8, 4) is 5.75 Å². The molecule has 5 heteroatoms. The van der Waals surface area contributed by atoms with Gasteiger partial charge in [0.25, 0.3) is 0 Å².